The van der Waals surface area contributed by atoms with E-state index in [0.717, 1.165) is 0 Å². The molecule has 0 radical (unpaired) electrons. The number of halogens is 1. The fourth-order valence-electron chi connectivity index (χ4n) is 0.164. The lowest BCUT2D eigenvalue weighted by atomic mass is 10.6. The van der Waals surface area contributed by atoms with Gasteiger partial charge in [-0.1, -0.05) is 18.2 Å². The zero-order valence-corrected chi connectivity index (χ0v) is 4.98. The molecule has 0 aromatic carbocycles. The van der Waals surface area contributed by atoms with Gasteiger partial charge in [-0.15, -0.1) is 0 Å². The Balaban J connectivity index is 3.20. The Morgan fingerprint density at radius 2 is 2.50 bits per heavy atom. The normalized spacial score (nSPS) is 9.75. The Kier molecular flexibility index (Phi) is 4.35. The van der Waals surface area contributed by atoms with E-state index >= 15 is 0 Å². The Bertz CT molecular complexity index is 102. The van der Waals surface area contributed by atoms with E-state index in [1.54, 1.807) is 0 Å². The van der Waals surface area contributed by atoms with Crippen molar-refractivity contribution in [3.8, 4) is 0 Å². The van der Waals surface area contributed by atoms with Gasteiger partial charge in [-0.2, -0.15) is 10.8 Å². The van der Waals surface area contributed by atoms with Gasteiger partial charge in [0.1, 0.15) is 0 Å². The van der Waals surface area contributed by atoms with Gasteiger partial charge < -0.3 is 0 Å². The van der Waals surface area contributed by atoms with Crippen molar-refractivity contribution in [1.82, 2.24) is 5.48 Å². The molecule has 0 rings (SSSR count). The predicted octanol–water partition coefficient (Wildman–Crippen LogP) is 0.648. The summed E-state index contributed by atoms with van der Waals surface area (Å²) in [5, 5.41) is 0.412. The largest absolute Gasteiger partial charge is 0.255 e. The van der Waals surface area contributed by atoms with Crippen LogP contribution in [-0.4, -0.2) is 0 Å². The number of hydrogen-bond acceptors (Lipinski definition) is 3. The monoisotopic (exact) mass is 134 g/mol. The van der Waals surface area contributed by atoms with Crippen molar-refractivity contribution in [2.45, 2.75) is 0 Å². The first-order valence-electron chi connectivity index (χ1n) is 1.89. The van der Waals surface area contributed by atoms with Gasteiger partial charge in [0.25, 0.3) is 0 Å². The van der Waals surface area contributed by atoms with E-state index in [1.807, 2.05) is 0 Å². The van der Waals surface area contributed by atoms with Gasteiger partial charge in [0.2, 0.25) is 0 Å². The van der Waals surface area contributed by atoms with Crippen LogP contribution in [0.25, 0.3) is 0 Å². The summed E-state index contributed by atoms with van der Waals surface area (Å²) in [4.78, 5) is 3.96. The van der Waals surface area contributed by atoms with E-state index in [-0.39, 0.29) is 0 Å². The van der Waals surface area contributed by atoms with Crippen molar-refractivity contribution in [3.63, 3.8) is 0 Å². The lowest BCUT2D eigenvalue weighted by Gasteiger charge is -1.88. The first-order valence-corrected chi connectivity index (χ1v) is 2.27. The molecule has 4 heteroatoms. The highest BCUT2D eigenvalue weighted by Gasteiger charge is 1.72. The summed E-state index contributed by atoms with van der Waals surface area (Å²) in [5.41, 5.74) is 2.23. The second kappa shape index (κ2) is 4.64. The van der Waals surface area contributed by atoms with Crippen molar-refractivity contribution in [2.75, 3.05) is 0 Å². The molecular formula is C4H7ClN2O. The molecule has 0 fully saturated rings. The van der Waals surface area contributed by atoms with E-state index in [0.29, 0.717) is 5.03 Å². The minimum absolute atomic E-state index is 0.412. The standard InChI is InChI=1S/C4H7ClN2O/c1-4(5)2-3-7-8-6/h2-3,7H,1,6H2/b3-2-. The topological polar surface area (TPSA) is 47.3 Å². The van der Waals surface area contributed by atoms with Crippen LogP contribution in [0.4, 0.5) is 0 Å². The number of nitrogens with two attached hydrogens (primary N) is 1. The van der Waals surface area contributed by atoms with Crippen LogP contribution >= 0.6 is 11.6 Å². The van der Waals surface area contributed by atoms with Crippen molar-refractivity contribution in [1.29, 1.82) is 0 Å². The third-order valence-electron chi connectivity index (χ3n) is 0.400. The van der Waals surface area contributed by atoms with E-state index in [9.17, 15) is 0 Å². The Morgan fingerprint density at radius 1 is 1.88 bits per heavy atom. The molecule has 0 aliphatic rings. The van der Waals surface area contributed by atoms with Crippen molar-refractivity contribution in [2.24, 2.45) is 5.90 Å². The zero-order valence-electron chi connectivity index (χ0n) is 4.23. The summed E-state index contributed by atoms with van der Waals surface area (Å²) >= 11 is 5.30. The molecule has 0 unspecified atom stereocenters. The smallest absolute Gasteiger partial charge is 0.0349 e. The van der Waals surface area contributed by atoms with Crippen molar-refractivity contribution < 1.29 is 4.94 Å². The summed E-state index contributed by atoms with van der Waals surface area (Å²) in [6.45, 7) is 3.37. The molecule has 0 aromatic heterocycles. The highest BCUT2D eigenvalue weighted by atomic mass is 35.5. The SMILES string of the molecule is C=C(Cl)/C=C\NON. The van der Waals surface area contributed by atoms with E-state index in [2.05, 4.69) is 22.9 Å². The minimum Gasteiger partial charge on any atom is -0.255 e. The molecule has 46 valence electrons. The van der Waals surface area contributed by atoms with Gasteiger partial charge in [0.15, 0.2) is 0 Å². The third-order valence-corrected chi connectivity index (χ3v) is 0.526. The number of rotatable bonds is 3. The maximum Gasteiger partial charge on any atom is 0.0349 e. The van der Waals surface area contributed by atoms with E-state index in [1.165, 1.54) is 12.3 Å². The van der Waals surface area contributed by atoms with Crippen LogP contribution in [-0.2, 0) is 4.94 Å². The van der Waals surface area contributed by atoms with Gasteiger partial charge in [-0.05, 0) is 6.08 Å². The van der Waals surface area contributed by atoms with Crippen molar-refractivity contribution in [3.05, 3.63) is 23.9 Å². The average molecular weight is 135 g/mol. The minimum atomic E-state index is 0.412. The van der Waals surface area contributed by atoms with Gasteiger partial charge >= 0.3 is 0 Å². The molecule has 0 aliphatic heterocycles. The Hall–Kier alpha value is -0.510. The number of allylic oxidation sites excluding steroid dienone is 2. The van der Waals surface area contributed by atoms with Crippen LogP contribution in [0.3, 0.4) is 0 Å². The lowest BCUT2D eigenvalue weighted by molar-refractivity contribution is 0.0722. The quantitative estimate of drug-likeness (QED) is 0.440. The Labute approximate surface area is 52.7 Å². The molecule has 0 bridgehead atoms. The van der Waals surface area contributed by atoms with Crippen LogP contribution in [0.5, 0.6) is 0 Å². The summed E-state index contributed by atoms with van der Waals surface area (Å²) in [7, 11) is 0. The molecule has 0 heterocycles. The second-order valence-electron chi connectivity index (χ2n) is 1.02. The van der Waals surface area contributed by atoms with Gasteiger partial charge in [-0.25, -0.2) is 0 Å². The maximum absolute atomic E-state index is 5.30. The fraction of sp³-hybridized carbons (Fsp3) is 0. The molecule has 0 saturated carbocycles. The number of hydrogen-bond donors (Lipinski definition) is 2. The maximum atomic E-state index is 5.30. The molecule has 0 atom stereocenters. The first kappa shape index (κ1) is 7.49. The fourth-order valence-corrected chi connectivity index (χ4v) is 0.227. The molecule has 0 aliphatic carbocycles. The summed E-state index contributed by atoms with van der Waals surface area (Å²) in [6, 6.07) is 0. The van der Waals surface area contributed by atoms with Crippen LogP contribution in [0.15, 0.2) is 23.9 Å². The van der Waals surface area contributed by atoms with Gasteiger partial charge in [0.05, 0.1) is 0 Å². The number of hydroxylamine groups is 1. The molecule has 0 saturated heterocycles. The predicted molar refractivity (Wildman–Crippen MR) is 32.5 cm³/mol. The molecule has 0 spiro atoms. The summed E-state index contributed by atoms with van der Waals surface area (Å²) < 4.78 is 0. The second-order valence-corrected chi connectivity index (χ2v) is 1.50. The summed E-state index contributed by atoms with van der Waals surface area (Å²) in [5.74, 6) is 4.58. The van der Waals surface area contributed by atoms with Crippen LogP contribution in [0, 0.1) is 0 Å². The van der Waals surface area contributed by atoms with Gasteiger partial charge in [0, 0.05) is 11.2 Å². The summed E-state index contributed by atoms with van der Waals surface area (Å²) in [6.07, 6.45) is 2.93. The highest BCUT2D eigenvalue weighted by Crippen LogP contribution is 1.95. The average Bonchev–Trinajstić information content (AvgIpc) is 1.66. The molecule has 3 nitrogen and oxygen atoms in total. The molecule has 0 aromatic rings. The number of nitrogens with one attached hydrogen (secondary N) is 1. The molecule has 0 amide bonds. The van der Waals surface area contributed by atoms with Gasteiger partial charge in [-0.3, -0.25) is 5.48 Å². The Morgan fingerprint density at radius 3 is 2.88 bits per heavy atom. The highest BCUT2D eigenvalue weighted by molar-refractivity contribution is 6.30. The zero-order chi connectivity index (χ0) is 6.41. The molecular weight excluding hydrogens is 128 g/mol. The van der Waals surface area contributed by atoms with Crippen molar-refractivity contribution >= 4 is 11.6 Å². The van der Waals surface area contributed by atoms with Crippen LogP contribution < -0.4 is 11.4 Å². The first-order chi connectivity index (χ1) is 3.77. The third kappa shape index (κ3) is 5.49. The van der Waals surface area contributed by atoms with E-state index < -0.39 is 0 Å². The van der Waals surface area contributed by atoms with Crippen LogP contribution in [0.2, 0.25) is 0 Å². The van der Waals surface area contributed by atoms with Crippen LogP contribution in [0.1, 0.15) is 0 Å². The molecule has 8 heavy (non-hydrogen) atoms. The molecule has 3 N–H and O–H groups in total. The van der Waals surface area contributed by atoms with E-state index in [4.69, 9.17) is 11.6 Å². The lowest BCUT2D eigenvalue weighted by Crippen LogP contribution is -2.11.